The van der Waals surface area contributed by atoms with E-state index in [1.165, 1.54) is 6.08 Å². The van der Waals surface area contributed by atoms with Gasteiger partial charge in [0, 0.05) is 0 Å². The monoisotopic (exact) mass is 356 g/mol. The maximum Gasteiger partial charge on any atom is 0.146 e. The Morgan fingerprint density at radius 2 is 1.38 bits per heavy atom. The first-order chi connectivity index (χ1) is 12.6. The normalized spacial score (nSPS) is 28.2. The van der Waals surface area contributed by atoms with E-state index in [1.807, 2.05) is 60.7 Å². The van der Waals surface area contributed by atoms with Crippen LogP contribution in [0.4, 0.5) is 0 Å². The third-order valence-corrected chi connectivity index (χ3v) is 4.55. The minimum absolute atomic E-state index is 0.209. The highest BCUT2D eigenvalue weighted by molar-refractivity contribution is 5.18. The van der Waals surface area contributed by atoms with Gasteiger partial charge in [-0.3, -0.25) is 0 Å². The van der Waals surface area contributed by atoms with E-state index >= 15 is 0 Å². The molecular formula is C21H24O5. The molecule has 0 unspecified atom stereocenters. The summed E-state index contributed by atoms with van der Waals surface area (Å²) >= 11 is 0. The quantitative estimate of drug-likeness (QED) is 0.660. The molecule has 3 rings (SSSR count). The number of benzene rings is 2. The fourth-order valence-corrected chi connectivity index (χ4v) is 2.94. The molecule has 26 heavy (non-hydrogen) atoms. The first-order valence-corrected chi connectivity index (χ1v) is 8.63. The van der Waals surface area contributed by atoms with Gasteiger partial charge in [0.15, 0.2) is 0 Å². The number of hydrogen-bond donors (Lipinski definition) is 3. The average Bonchev–Trinajstić information content (AvgIpc) is 2.68. The van der Waals surface area contributed by atoms with Crippen molar-refractivity contribution in [2.45, 2.75) is 37.1 Å². The topological polar surface area (TPSA) is 79.2 Å². The first-order valence-electron chi connectivity index (χ1n) is 8.63. The van der Waals surface area contributed by atoms with Crippen LogP contribution in [0.2, 0.25) is 0 Å². The largest absolute Gasteiger partial charge is 0.387 e. The molecule has 4 atom stereocenters. The van der Waals surface area contributed by atoms with Crippen LogP contribution < -0.4 is 0 Å². The lowest BCUT2D eigenvalue weighted by Gasteiger charge is -2.41. The second kappa shape index (κ2) is 8.58. The second-order valence-electron chi connectivity index (χ2n) is 6.51. The van der Waals surface area contributed by atoms with E-state index < -0.39 is 23.9 Å². The van der Waals surface area contributed by atoms with Crippen LogP contribution in [-0.2, 0) is 22.7 Å². The predicted molar refractivity (Wildman–Crippen MR) is 97.2 cm³/mol. The standard InChI is InChI=1S/C21H24O5/c22-19-12-11-18(26-14-17-9-5-2-6-10-17)20(23)21(19,24)15-25-13-16-7-3-1-4-8-16/h1-12,18-20,22-24H,13-15H2/t18-,19-,20+,21+/m1/s1. The van der Waals surface area contributed by atoms with Gasteiger partial charge in [0.1, 0.15) is 23.9 Å². The number of rotatable bonds is 7. The molecule has 0 aliphatic heterocycles. The molecule has 0 aromatic heterocycles. The number of hydrogen-bond acceptors (Lipinski definition) is 5. The Balaban J connectivity index is 1.59. The third-order valence-electron chi connectivity index (χ3n) is 4.55. The highest BCUT2D eigenvalue weighted by Gasteiger charge is 2.48. The molecule has 0 spiro atoms. The van der Waals surface area contributed by atoms with E-state index in [1.54, 1.807) is 6.08 Å². The Morgan fingerprint density at radius 3 is 2.00 bits per heavy atom. The van der Waals surface area contributed by atoms with Gasteiger partial charge in [0.05, 0.1) is 19.8 Å². The van der Waals surface area contributed by atoms with E-state index in [2.05, 4.69) is 0 Å². The van der Waals surface area contributed by atoms with Gasteiger partial charge < -0.3 is 24.8 Å². The van der Waals surface area contributed by atoms with E-state index in [9.17, 15) is 15.3 Å². The summed E-state index contributed by atoms with van der Waals surface area (Å²) in [6.45, 7) is 0.367. The number of ether oxygens (including phenoxy) is 2. The van der Waals surface area contributed by atoms with Crippen LogP contribution >= 0.6 is 0 Å². The molecule has 0 saturated carbocycles. The van der Waals surface area contributed by atoms with E-state index in [0.717, 1.165) is 11.1 Å². The summed E-state index contributed by atoms with van der Waals surface area (Å²) in [7, 11) is 0. The van der Waals surface area contributed by atoms with Crippen molar-refractivity contribution in [3.05, 3.63) is 83.9 Å². The van der Waals surface area contributed by atoms with Crippen molar-refractivity contribution < 1.29 is 24.8 Å². The van der Waals surface area contributed by atoms with Crippen molar-refractivity contribution in [3.8, 4) is 0 Å². The van der Waals surface area contributed by atoms with Gasteiger partial charge in [0.2, 0.25) is 0 Å². The molecule has 1 aliphatic rings. The molecule has 138 valence electrons. The average molecular weight is 356 g/mol. The lowest BCUT2D eigenvalue weighted by Crippen LogP contribution is -2.61. The molecule has 3 N–H and O–H groups in total. The first kappa shape index (κ1) is 18.8. The predicted octanol–water partition coefficient (Wildman–Crippen LogP) is 1.81. The third kappa shape index (κ3) is 4.38. The highest BCUT2D eigenvalue weighted by Crippen LogP contribution is 2.28. The van der Waals surface area contributed by atoms with Gasteiger partial charge >= 0.3 is 0 Å². The van der Waals surface area contributed by atoms with Crippen molar-refractivity contribution in [1.82, 2.24) is 0 Å². The fraction of sp³-hybridized carbons (Fsp3) is 0.333. The van der Waals surface area contributed by atoms with Crippen molar-refractivity contribution in [2.75, 3.05) is 6.61 Å². The molecular weight excluding hydrogens is 332 g/mol. The Kier molecular flexibility index (Phi) is 6.19. The van der Waals surface area contributed by atoms with E-state index in [4.69, 9.17) is 9.47 Å². The summed E-state index contributed by atoms with van der Waals surface area (Å²) in [5, 5.41) is 31.5. The van der Waals surface area contributed by atoms with Crippen LogP contribution in [-0.4, -0.2) is 45.8 Å². The van der Waals surface area contributed by atoms with Crippen LogP contribution in [0, 0.1) is 0 Å². The molecule has 5 heteroatoms. The Morgan fingerprint density at radius 1 is 0.808 bits per heavy atom. The summed E-state index contributed by atoms with van der Waals surface area (Å²) in [6.07, 6.45) is -0.256. The minimum atomic E-state index is -1.83. The lowest BCUT2D eigenvalue weighted by atomic mass is 9.83. The van der Waals surface area contributed by atoms with Crippen LogP contribution in [0.15, 0.2) is 72.8 Å². The van der Waals surface area contributed by atoms with Gasteiger partial charge in [-0.2, -0.15) is 0 Å². The summed E-state index contributed by atoms with van der Waals surface area (Å²) in [4.78, 5) is 0. The van der Waals surface area contributed by atoms with E-state index in [0.29, 0.717) is 6.61 Å². The molecule has 5 nitrogen and oxygen atoms in total. The fourth-order valence-electron chi connectivity index (χ4n) is 2.94. The van der Waals surface area contributed by atoms with Gasteiger partial charge in [-0.25, -0.2) is 0 Å². The van der Waals surface area contributed by atoms with E-state index in [-0.39, 0.29) is 13.2 Å². The van der Waals surface area contributed by atoms with Crippen molar-refractivity contribution >= 4 is 0 Å². The minimum Gasteiger partial charge on any atom is -0.387 e. The van der Waals surface area contributed by atoms with Crippen LogP contribution in [0.1, 0.15) is 11.1 Å². The summed E-state index contributed by atoms with van der Waals surface area (Å²) < 4.78 is 11.3. The van der Waals surface area contributed by atoms with Gasteiger partial charge in [-0.1, -0.05) is 72.8 Å². The van der Waals surface area contributed by atoms with Crippen molar-refractivity contribution in [1.29, 1.82) is 0 Å². The lowest BCUT2D eigenvalue weighted by molar-refractivity contribution is -0.201. The molecule has 1 aliphatic carbocycles. The van der Waals surface area contributed by atoms with Gasteiger partial charge in [-0.15, -0.1) is 0 Å². The number of aliphatic hydroxyl groups excluding tert-OH is 2. The smallest absolute Gasteiger partial charge is 0.146 e. The molecule has 0 saturated heterocycles. The van der Waals surface area contributed by atoms with Crippen molar-refractivity contribution in [3.63, 3.8) is 0 Å². The van der Waals surface area contributed by atoms with Crippen LogP contribution in [0.3, 0.4) is 0 Å². The maximum atomic E-state index is 10.8. The molecule has 0 fully saturated rings. The summed E-state index contributed by atoms with van der Waals surface area (Å²) in [5.74, 6) is 0. The zero-order valence-electron chi connectivity index (χ0n) is 14.4. The molecule has 0 bridgehead atoms. The highest BCUT2D eigenvalue weighted by atomic mass is 16.5. The zero-order valence-corrected chi connectivity index (χ0v) is 14.4. The maximum absolute atomic E-state index is 10.8. The summed E-state index contributed by atoms with van der Waals surface area (Å²) in [5.41, 5.74) is 0.0802. The Bertz CT molecular complexity index is 703. The van der Waals surface area contributed by atoms with Crippen molar-refractivity contribution in [2.24, 2.45) is 0 Å². The Labute approximate surface area is 153 Å². The molecule has 0 heterocycles. The number of aliphatic hydroxyl groups is 3. The molecule has 2 aromatic rings. The second-order valence-corrected chi connectivity index (χ2v) is 6.51. The zero-order chi connectivity index (χ0) is 18.4. The molecule has 0 amide bonds. The SMILES string of the molecule is O[C@@H]1C=C[C@@H](OCc2ccccc2)[C@H](O)[C@]1(O)COCc1ccccc1. The molecule has 2 aromatic carbocycles. The van der Waals surface area contributed by atoms with Crippen LogP contribution in [0.5, 0.6) is 0 Å². The van der Waals surface area contributed by atoms with Gasteiger partial charge in [-0.05, 0) is 11.1 Å². The Hall–Kier alpha value is -2.02. The van der Waals surface area contributed by atoms with Gasteiger partial charge in [0.25, 0.3) is 0 Å². The molecule has 0 radical (unpaired) electrons. The summed E-state index contributed by atoms with van der Waals surface area (Å²) in [6, 6.07) is 19.1. The van der Waals surface area contributed by atoms with Crippen LogP contribution in [0.25, 0.3) is 0 Å².